The Morgan fingerprint density at radius 2 is 1.67 bits per heavy atom. The number of thioether (sulfide) groups is 1. The molecule has 142 valence electrons. The number of rotatable bonds is 7. The van der Waals surface area contributed by atoms with Gasteiger partial charge in [-0.15, -0.1) is 11.8 Å². The number of hydrogen-bond donors (Lipinski definition) is 1. The fourth-order valence-electron chi connectivity index (χ4n) is 2.36. The second-order valence-electron chi connectivity index (χ2n) is 5.54. The van der Waals surface area contributed by atoms with Gasteiger partial charge in [0.05, 0.1) is 36.6 Å². The fraction of sp³-hybridized carbons (Fsp3) is 0.250. The first-order valence-electron chi connectivity index (χ1n) is 8.35. The second-order valence-corrected chi connectivity index (χ2v) is 6.68. The van der Waals surface area contributed by atoms with E-state index in [1.54, 1.807) is 23.9 Å². The van der Waals surface area contributed by atoms with Gasteiger partial charge in [-0.2, -0.15) is 0 Å². The van der Waals surface area contributed by atoms with E-state index < -0.39 is 11.9 Å². The molecule has 0 aliphatic heterocycles. The van der Waals surface area contributed by atoms with Gasteiger partial charge in [0.1, 0.15) is 0 Å². The predicted octanol–water partition coefficient (Wildman–Crippen LogP) is 4.01. The summed E-state index contributed by atoms with van der Waals surface area (Å²) in [6.45, 7) is 2.07. The number of anilines is 1. The molecule has 0 spiro atoms. The van der Waals surface area contributed by atoms with Crippen LogP contribution in [0.2, 0.25) is 0 Å². The zero-order valence-electron chi connectivity index (χ0n) is 15.4. The highest BCUT2D eigenvalue weighted by molar-refractivity contribution is 7.99. The Morgan fingerprint density at radius 3 is 2.33 bits per heavy atom. The minimum atomic E-state index is -0.615. The number of carbonyl (C=O) groups is 3. The van der Waals surface area contributed by atoms with Crippen LogP contribution in [0, 0.1) is 0 Å². The number of ether oxygens (including phenoxy) is 2. The van der Waals surface area contributed by atoms with E-state index in [9.17, 15) is 14.4 Å². The minimum Gasteiger partial charge on any atom is -0.465 e. The normalized spacial score (nSPS) is 10.2. The zero-order chi connectivity index (χ0) is 19.8. The number of methoxy groups -OCH3 is 2. The number of esters is 2. The van der Waals surface area contributed by atoms with E-state index in [-0.39, 0.29) is 22.7 Å². The van der Waals surface area contributed by atoms with Crippen LogP contribution in [0.4, 0.5) is 5.69 Å². The Morgan fingerprint density at radius 1 is 0.963 bits per heavy atom. The van der Waals surface area contributed by atoms with Crippen molar-refractivity contribution in [3.05, 3.63) is 59.2 Å². The van der Waals surface area contributed by atoms with Crippen LogP contribution < -0.4 is 5.32 Å². The lowest BCUT2D eigenvalue weighted by atomic mass is 10.1. The highest BCUT2D eigenvalue weighted by Gasteiger charge is 2.19. The first kappa shape index (κ1) is 20.5. The lowest BCUT2D eigenvalue weighted by Crippen LogP contribution is -2.17. The standard InChI is InChI=1S/C20H21NO5S/c1-4-11-27-17-8-6-5-7-15(17)18(22)21-16-12-13(19(23)25-2)9-10-14(16)20(24)26-3/h5-10,12H,4,11H2,1-3H3,(H,21,22). The fourth-order valence-corrected chi connectivity index (χ4v) is 3.28. The Balaban J connectivity index is 2.38. The molecular weight excluding hydrogens is 366 g/mol. The monoisotopic (exact) mass is 387 g/mol. The highest BCUT2D eigenvalue weighted by Crippen LogP contribution is 2.26. The molecule has 0 atom stereocenters. The summed E-state index contributed by atoms with van der Waals surface area (Å²) < 4.78 is 9.46. The molecule has 7 heteroatoms. The molecule has 0 bridgehead atoms. The smallest absolute Gasteiger partial charge is 0.339 e. The number of hydrogen-bond acceptors (Lipinski definition) is 6. The quantitative estimate of drug-likeness (QED) is 0.571. The first-order chi connectivity index (χ1) is 13.0. The van der Waals surface area contributed by atoms with Gasteiger partial charge in [-0.25, -0.2) is 9.59 Å². The molecule has 0 aliphatic rings. The van der Waals surface area contributed by atoms with E-state index in [1.807, 2.05) is 12.1 Å². The molecule has 1 N–H and O–H groups in total. The summed E-state index contributed by atoms with van der Waals surface area (Å²) in [6.07, 6.45) is 0.980. The summed E-state index contributed by atoms with van der Waals surface area (Å²) in [7, 11) is 2.51. The van der Waals surface area contributed by atoms with Crippen LogP contribution in [0.25, 0.3) is 0 Å². The average molecular weight is 387 g/mol. The third-order valence-electron chi connectivity index (χ3n) is 3.69. The summed E-state index contributed by atoms with van der Waals surface area (Å²) >= 11 is 1.59. The summed E-state index contributed by atoms with van der Waals surface area (Å²) in [5.74, 6) is -0.673. The predicted molar refractivity (Wildman–Crippen MR) is 105 cm³/mol. The third-order valence-corrected chi connectivity index (χ3v) is 4.97. The summed E-state index contributed by atoms with van der Waals surface area (Å²) in [4.78, 5) is 37.5. The summed E-state index contributed by atoms with van der Waals surface area (Å²) in [5, 5.41) is 2.72. The van der Waals surface area contributed by atoms with Gasteiger partial charge in [0.15, 0.2) is 0 Å². The topological polar surface area (TPSA) is 81.7 Å². The van der Waals surface area contributed by atoms with E-state index in [1.165, 1.54) is 32.4 Å². The molecule has 0 unspecified atom stereocenters. The maximum atomic E-state index is 12.8. The van der Waals surface area contributed by atoms with E-state index in [4.69, 9.17) is 9.47 Å². The van der Waals surface area contributed by atoms with Gasteiger partial charge in [0.2, 0.25) is 0 Å². The summed E-state index contributed by atoms with van der Waals surface area (Å²) in [6, 6.07) is 11.5. The molecule has 2 aromatic rings. The third kappa shape index (κ3) is 5.10. The molecule has 2 rings (SSSR count). The van der Waals surface area contributed by atoms with Crippen LogP contribution in [-0.4, -0.2) is 37.8 Å². The van der Waals surface area contributed by atoms with E-state index >= 15 is 0 Å². The van der Waals surface area contributed by atoms with E-state index in [0.717, 1.165) is 17.1 Å². The largest absolute Gasteiger partial charge is 0.465 e. The van der Waals surface area contributed by atoms with Gasteiger partial charge in [-0.1, -0.05) is 19.1 Å². The van der Waals surface area contributed by atoms with Crippen molar-refractivity contribution in [3.63, 3.8) is 0 Å². The van der Waals surface area contributed by atoms with Gasteiger partial charge in [0.25, 0.3) is 5.91 Å². The molecule has 27 heavy (non-hydrogen) atoms. The Hall–Kier alpha value is -2.80. The van der Waals surface area contributed by atoms with Crippen LogP contribution in [-0.2, 0) is 9.47 Å². The van der Waals surface area contributed by atoms with Gasteiger partial charge < -0.3 is 14.8 Å². The SMILES string of the molecule is CCCSc1ccccc1C(=O)Nc1cc(C(=O)OC)ccc1C(=O)OC. The minimum absolute atomic E-state index is 0.150. The van der Waals surface area contributed by atoms with Crippen LogP contribution in [0.1, 0.15) is 44.4 Å². The lowest BCUT2D eigenvalue weighted by Gasteiger charge is -2.13. The van der Waals surface area contributed by atoms with Crippen molar-refractivity contribution in [1.82, 2.24) is 0 Å². The molecule has 0 aliphatic carbocycles. The molecule has 0 aromatic heterocycles. The highest BCUT2D eigenvalue weighted by atomic mass is 32.2. The Bertz CT molecular complexity index is 850. The lowest BCUT2D eigenvalue weighted by molar-refractivity contribution is 0.0587. The number of amides is 1. The number of nitrogens with one attached hydrogen (secondary N) is 1. The van der Waals surface area contributed by atoms with Gasteiger partial charge in [-0.05, 0) is 42.5 Å². The van der Waals surface area contributed by atoms with Crippen molar-refractivity contribution in [2.45, 2.75) is 18.2 Å². The van der Waals surface area contributed by atoms with E-state index in [2.05, 4.69) is 12.2 Å². The van der Waals surface area contributed by atoms with Crippen molar-refractivity contribution in [2.24, 2.45) is 0 Å². The molecule has 6 nitrogen and oxygen atoms in total. The molecule has 1 amide bonds. The zero-order valence-corrected chi connectivity index (χ0v) is 16.2. The van der Waals surface area contributed by atoms with E-state index in [0.29, 0.717) is 5.56 Å². The van der Waals surface area contributed by atoms with Gasteiger partial charge >= 0.3 is 11.9 Å². The Kier molecular flexibility index (Phi) is 7.43. The van der Waals surface area contributed by atoms with Crippen molar-refractivity contribution >= 4 is 35.3 Å². The molecule has 0 saturated heterocycles. The second kappa shape index (κ2) is 9.78. The molecule has 0 heterocycles. The van der Waals surface area contributed by atoms with Crippen molar-refractivity contribution < 1.29 is 23.9 Å². The average Bonchev–Trinajstić information content (AvgIpc) is 2.71. The molecule has 2 aromatic carbocycles. The van der Waals surface area contributed by atoms with Crippen LogP contribution in [0.3, 0.4) is 0 Å². The first-order valence-corrected chi connectivity index (χ1v) is 9.34. The Labute approximate surface area is 162 Å². The molecule has 0 saturated carbocycles. The van der Waals surface area contributed by atoms with Crippen molar-refractivity contribution in [2.75, 3.05) is 25.3 Å². The number of benzene rings is 2. The van der Waals surface area contributed by atoms with Gasteiger partial charge in [-0.3, -0.25) is 4.79 Å². The van der Waals surface area contributed by atoms with Gasteiger partial charge in [0, 0.05) is 4.90 Å². The van der Waals surface area contributed by atoms with Crippen molar-refractivity contribution in [1.29, 1.82) is 0 Å². The maximum Gasteiger partial charge on any atom is 0.339 e. The molecule has 0 fully saturated rings. The number of carbonyl (C=O) groups excluding carboxylic acids is 3. The van der Waals surface area contributed by atoms with Crippen LogP contribution in [0.5, 0.6) is 0 Å². The van der Waals surface area contributed by atoms with Crippen LogP contribution in [0.15, 0.2) is 47.4 Å². The molecular formula is C20H21NO5S. The van der Waals surface area contributed by atoms with Crippen molar-refractivity contribution in [3.8, 4) is 0 Å². The summed E-state index contributed by atoms with van der Waals surface area (Å²) in [5.41, 5.74) is 1.05. The van der Waals surface area contributed by atoms with Crippen LogP contribution >= 0.6 is 11.8 Å². The maximum absolute atomic E-state index is 12.8. The molecule has 0 radical (unpaired) electrons.